The van der Waals surface area contributed by atoms with Crippen LogP contribution in [0, 0.1) is 0 Å². The number of piperidine rings is 1. The molecule has 0 bridgehead atoms. The normalized spacial score (nSPS) is 19.2. The Morgan fingerprint density at radius 1 is 0.923 bits per heavy atom. The fraction of sp³-hybridized carbons (Fsp3) is 0.400. The Kier molecular flexibility index (Phi) is 4.07. The van der Waals surface area contributed by atoms with Gasteiger partial charge in [-0.1, -0.05) is 6.42 Å². The van der Waals surface area contributed by atoms with Crippen LogP contribution in [0.3, 0.4) is 0 Å². The predicted octanol–water partition coefficient (Wildman–Crippen LogP) is 2.47. The Labute approximate surface area is 152 Å². The van der Waals surface area contributed by atoms with Gasteiger partial charge in [-0.25, -0.2) is 0 Å². The lowest BCUT2D eigenvalue weighted by molar-refractivity contribution is 0.0542. The van der Waals surface area contributed by atoms with E-state index in [1.54, 1.807) is 24.3 Å². The maximum atomic E-state index is 13.1. The summed E-state index contributed by atoms with van der Waals surface area (Å²) in [6, 6.07) is 6.96. The van der Waals surface area contributed by atoms with Gasteiger partial charge in [-0.05, 0) is 62.5 Å². The van der Waals surface area contributed by atoms with Crippen LogP contribution in [0.2, 0.25) is 0 Å². The fourth-order valence-corrected chi connectivity index (χ4v) is 4.19. The largest absolute Gasteiger partial charge is 0.399 e. The molecule has 1 atom stereocenters. The lowest BCUT2D eigenvalue weighted by atomic mass is 9.92. The molecule has 1 fully saturated rings. The lowest BCUT2D eigenvalue weighted by Crippen LogP contribution is -2.49. The summed E-state index contributed by atoms with van der Waals surface area (Å²) in [6.45, 7) is 4.49. The van der Waals surface area contributed by atoms with Gasteiger partial charge in [-0.2, -0.15) is 0 Å². The molecule has 6 heteroatoms. The molecule has 2 heterocycles. The van der Waals surface area contributed by atoms with Crippen LogP contribution >= 0.6 is 0 Å². The third-order valence-electron chi connectivity index (χ3n) is 5.51. The summed E-state index contributed by atoms with van der Waals surface area (Å²) in [4.78, 5) is 29.8. The highest BCUT2D eigenvalue weighted by molar-refractivity contribution is 6.26. The van der Waals surface area contributed by atoms with Gasteiger partial charge in [0.15, 0.2) is 0 Å². The van der Waals surface area contributed by atoms with Gasteiger partial charge < -0.3 is 11.5 Å². The van der Waals surface area contributed by atoms with Crippen molar-refractivity contribution in [1.82, 2.24) is 9.80 Å². The van der Waals surface area contributed by atoms with E-state index in [0.29, 0.717) is 34.4 Å². The third kappa shape index (κ3) is 2.70. The van der Waals surface area contributed by atoms with Gasteiger partial charge in [0.05, 0.1) is 11.1 Å². The molecule has 0 aromatic heterocycles. The van der Waals surface area contributed by atoms with Gasteiger partial charge >= 0.3 is 0 Å². The molecule has 4 N–H and O–H groups in total. The number of likely N-dealkylation sites (tertiary alicyclic amines) is 1. The SMILES string of the molecule is CC(CN1C(=O)c2cc(N)cc3cc(N)cc(c23)C1=O)N1CCCCC1. The smallest absolute Gasteiger partial charge is 0.261 e. The first-order valence-electron chi connectivity index (χ1n) is 9.18. The maximum Gasteiger partial charge on any atom is 0.261 e. The minimum atomic E-state index is -0.270. The Morgan fingerprint density at radius 3 is 2.00 bits per heavy atom. The zero-order chi connectivity index (χ0) is 18.4. The van der Waals surface area contributed by atoms with E-state index in [1.165, 1.54) is 24.2 Å². The maximum absolute atomic E-state index is 13.1. The lowest BCUT2D eigenvalue weighted by Gasteiger charge is -2.36. The first-order chi connectivity index (χ1) is 12.5. The molecule has 2 aromatic carbocycles. The van der Waals surface area contributed by atoms with Crippen molar-refractivity contribution in [3.63, 3.8) is 0 Å². The molecule has 1 unspecified atom stereocenters. The average Bonchev–Trinajstić information content (AvgIpc) is 2.62. The van der Waals surface area contributed by atoms with Crippen molar-refractivity contribution in [3.05, 3.63) is 35.4 Å². The van der Waals surface area contributed by atoms with Crippen LogP contribution in [0.4, 0.5) is 11.4 Å². The highest BCUT2D eigenvalue weighted by atomic mass is 16.2. The third-order valence-corrected chi connectivity index (χ3v) is 5.51. The van der Waals surface area contributed by atoms with Crippen LogP contribution in [0.15, 0.2) is 24.3 Å². The zero-order valence-corrected chi connectivity index (χ0v) is 15.0. The van der Waals surface area contributed by atoms with Crippen LogP contribution in [-0.2, 0) is 0 Å². The first-order valence-corrected chi connectivity index (χ1v) is 9.18. The number of hydrogen-bond acceptors (Lipinski definition) is 5. The fourth-order valence-electron chi connectivity index (χ4n) is 4.19. The number of benzene rings is 2. The predicted molar refractivity (Wildman–Crippen MR) is 103 cm³/mol. The van der Waals surface area contributed by atoms with E-state index in [4.69, 9.17) is 11.5 Å². The molecule has 2 aliphatic heterocycles. The number of rotatable bonds is 3. The van der Waals surface area contributed by atoms with Crippen molar-refractivity contribution in [2.45, 2.75) is 32.2 Å². The molecule has 0 saturated carbocycles. The standard InChI is InChI=1S/C20H24N4O2/c1-12(23-5-3-2-4-6-23)11-24-19(25)16-9-14(21)7-13-8-15(22)10-17(18(13)16)20(24)26/h7-10,12H,2-6,11,21-22H2,1H3. The van der Waals surface area contributed by atoms with Gasteiger partial charge in [-0.3, -0.25) is 19.4 Å². The minimum absolute atomic E-state index is 0.127. The molecule has 136 valence electrons. The Bertz CT molecular complexity index is 846. The summed E-state index contributed by atoms with van der Waals surface area (Å²) < 4.78 is 0. The zero-order valence-electron chi connectivity index (χ0n) is 15.0. The van der Waals surface area contributed by atoms with Crippen LogP contribution < -0.4 is 11.5 Å². The second kappa shape index (κ2) is 6.29. The molecule has 0 radical (unpaired) electrons. The van der Waals surface area contributed by atoms with Gasteiger partial charge in [0.2, 0.25) is 0 Å². The average molecular weight is 352 g/mol. The number of amides is 2. The summed E-state index contributed by atoms with van der Waals surface area (Å²) in [5.41, 5.74) is 13.9. The molecule has 2 aromatic rings. The number of nitrogens with zero attached hydrogens (tertiary/aromatic N) is 2. The Morgan fingerprint density at radius 2 is 1.46 bits per heavy atom. The van der Waals surface area contributed by atoms with Gasteiger partial charge in [0, 0.05) is 29.3 Å². The first kappa shape index (κ1) is 16.8. The van der Waals surface area contributed by atoms with E-state index < -0.39 is 0 Å². The minimum Gasteiger partial charge on any atom is -0.399 e. The number of nitrogens with two attached hydrogens (primary N) is 2. The van der Waals surface area contributed by atoms with E-state index in [-0.39, 0.29) is 17.9 Å². The summed E-state index contributed by atoms with van der Waals surface area (Å²) in [5, 5.41) is 1.39. The van der Waals surface area contributed by atoms with Crippen molar-refractivity contribution >= 4 is 34.0 Å². The van der Waals surface area contributed by atoms with Crippen molar-refractivity contribution in [3.8, 4) is 0 Å². The molecule has 1 saturated heterocycles. The summed E-state index contributed by atoms with van der Waals surface area (Å²) in [5.74, 6) is -0.540. The summed E-state index contributed by atoms with van der Waals surface area (Å²) >= 11 is 0. The highest BCUT2D eigenvalue weighted by Gasteiger charge is 2.35. The van der Waals surface area contributed by atoms with Crippen molar-refractivity contribution in [2.24, 2.45) is 0 Å². The molecule has 6 nitrogen and oxygen atoms in total. The molecule has 0 spiro atoms. The van der Waals surface area contributed by atoms with Gasteiger partial charge in [0.1, 0.15) is 0 Å². The second-order valence-electron chi connectivity index (χ2n) is 7.40. The van der Waals surface area contributed by atoms with Crippen molar-refractivity contribution < 1.29 is 9.59 Å². The van der Waals surface area contributed by atoms with Crippen molar-refractivity contribution in [2.75, 3.05) is 31.1 Å². The van der Waals surface area contributed by atoms with E-state index in [0.717, 1.165) is 18.5 Å². The molecule has 0 aliphatic carbocycles. The van der Waals surface area contributed by atoms with Crippen LogP contribution in [0.5, 0.6) is 0 Å². The van der Waals surface area contributed by atoms with E-state index in [2.05, 4.69) is 11.8 Å². The molecular weight excluding hydrogens is 328 g/mol. The van der Waals surface area contributed by atoms with Gasteiger partial charge in [-0.15, -0.1) is 0 Å². The van der Waals surface area contributed by atoms with Crippen molar-refractivity contribution in [1.29, 1.82) is 0 Å². The van der Waals surface area contributed by atoms with Crippen LogP contribution in [-0.4, -0.2) is 47.3 Å². The Balaban J connectivity index is 1.73. The molecule has 4 rings (SSSR count). The topological polar surface area (TPSA) is 92.7 Å². The number of anilines is 2. The van der Waals surface area contributed by atoms with E-state index >= 15 is 0 Å². The second-order valence-corrected chi connectivity index (χ2v) is 7.40. The number of hydrogen-bond donors (Lipinski definition) is 2. The molecular formula is C20H24N4O2. The highest BCUT2D eigenvalue weighted by Crippen LogP contribution is 2.34. The van der Waals surface area contributed by atoms with Crippen LogP contribution in [0.25, 0.3) is 10.8 Å². The van der Waals surface area contributed by atoms with E-state index in [1.807, 2.05) is 0 Å². The van der Waals surface area contributed by atoms with Crippen LogP contribution in [0.1, 0.15) is 46.9 Å². The van der Waals surface area contributed by atoms with E-state index in [9.17, 15) is 9.59 Å². The number of carbonyl (C=O) groups excluding carboxylic acids is 2. The van der Waals surface area contributed by atoms with Gasteiger partial charge in [0.25, 0.3) is 11.8 Å². The molecule has 2 aliphatic rings. The Hall–Kier alpha value is -2.60. The molecule has 2 amide bonds. The summed E-state index contributed by atoms with van der Waals surface area (Å²) in [6.07, 6.45) is 3.58. The molecule has 26 heavy (non-hydrogen) atoms. The number of nitrogen functional groups attached to an aromatic ring is 2. The number of carbonyl (C=O) groups is 2. The number of imide groups is 1. The quantitative estimate of drug-likeness (QED) is 0.654. The summed E-state index contributed by atoms with van der Waals surface area (Å²) in [7, 11) is 0. The monoisotopic (exact) mass is 352 g/mol.